The van der Waals surface area contributed by atoms with Gasteiger partial charge in [0.05, 0.1) is 18.5 Å². The first-order valence-electron chi connectivity index (χ1n) is 9.05. The van der Waals surface area contributed by atoms with E-state index >= 15 is 0 Å². The number of rotatable bonds is 4. The van der Waals surface area contributed by atoms with Crippen LogP contribution in [0.5, 0.6) is 0 Å². The van der Waals surface area contributed by atoms with E-state index in [-0.39, 0.29) is 30.3 Å². The molecule has 6 rings (SSSR count). The molecule has 5 aliphatic rings. The number of aryl methyl sites for hydroxylation is 1. The molecule has 1 aromatic rings. The number of carbonyl (C=O) groups excluding carboxylic acids is 2. The summed E-state index contributed by atoms with van der Waals surface area (Å²) in [5, 5.41) is 3.24. The second kappa shape index (κ2) is 4.95. The van der Waals surface area contributed by atoms with E-state index in [1.54, 1.807) is 0 Å². The van der Waals surface area contributed by atoms with Gasteiger partial charge in [-0.1, -0.05) is 31.2 Å². The molecule has 6 atom stereocenters. The Bertz CT molecular complexity index is 703. The van der Waals surface area contributed by atoms with Crippen molar-refractivity contribution in [3.63, 3.8) is 0 Å². The van der Waals surface area contributed by atoms with Crippen molar-refractivity contribution in [1.82, 2.24) is 4.90 Å². The van der Waals surface area contributed by atoms with Crippen molar-refractivity contribution in [2.24, 2.45) is 35.5 Å². The molecule has 0 radical (unpaired) electrons. The number of nitrogens with zero attached hydrogens (tertiary/aromatic N) is 1. The van der Waals surface area contributed by atoms with Gasteiger partial charge in [-0.2, -0.15) is 0 Å². The highest BCUT2D eigenvalue weighted by Crippen LogP contribution is 2.65. The van der Waals surface area contributed by atoms with Crippen LogP contribution in [0, 0.1) is 35.5 Å². The topological polar surface area (TPSA) is 49.4 Å². The molecule has 4 heteroatoms. The average molecular weight is 322 g/mol. The van der Waals surface area contributed by atoms with Crippen LogP contribution in [0.1, 0.15) is 18.9 Å². The second-order valence-electron chi connectivity index (χ2n) is 7.64. The van der Waals surface area contributed by atoms with Crippen molar-refractivity contribution >= 4 is 17.5 Å². The van der Waals surface area contributed by atoms with E-state index in [2.05, 4.69) is 36.5 Å². The number of carbonyl (C=O) groups is 2. The Labute approximate surface area is 141 Å². The van der Waals surface area contributed by atoms with Gasteiger partial charge in [0, 0.05) is 5.69 Å². The van der Waals surface area contributed by atoms with Gasteiger partial charge >= 0.3 is 0 Å². The number of nitrogens with one attached hydrogen (secondary N) is 1. The fourth-order valence-corrected chi connectivity index (χ4v) is 5.20. The first-order chi connectivity index (χ1) is 11.7. The van der Waals surface area contributed by atoms with Gasteiger partial charge in [0.25, 0.3) is 0 Å². The zero-order chi connectivity index (χ0) is 16.4. The van der Waals surface area contributed by atoms with Gasteiger partial charge in [0.2, 0.25) is 11.8 Å². The van der Waals surface area contributed by atoms with Gasteiger partial charge < -0.3 is 5.32 Å². The third-order valence-electron chi connectivity index (χ3n) is 6.56. The lowest BCUT2D eigenvalue weighted by atomic mass is 9.63. The summed E-state index contributed by atoms with van der Waals surface area (Å²) >= 11 is 0. The molecule has 124 valence electrons. The van der Waals surface area contributed by atoms with Crippen molar-refractivity contribution in [1.29, 1.82) is 0 Å². The lowest BCUT2D eigenvalue weighted by Gasteiger charge is -2.37. The summed E-state index contributed by atoms with van der Waals surface area (Å²) in [5.74, 6) is 1.80. The molecule has 2 saturated carbocycles. The van der Waals surface area contributed by atoms with E-state index in [1.807, 2.05) is 12.1 Å². The quantitative estimate of drug-likeness (QED) is 0.685. The van der Waals surface area contributed by atoms with Crippen LogP contribution in [-0.2, 0) is 16.0 Å². The van der Waals surface area contributed by atoms with Crippen LogP contribution in [0.2, 0.25) is 0 Å². The maximum absolute atomic E-state index is 12.9. The number of imide groups is 1. The van der Waals surface area contributed by atoms with E-state index in [0.29, 0.717) is 23.7 Å². The van der Waals surface area contributed by atoms with Crippen LogP contribution in [0.15, 0.2) is 36.4 Å². The monoisotopic (exact) mass is 322 g/mol. The molecule has 4 aliphatic carbocycles. The minimum atomic E-state index is -0.0967. The van der Waals surface area contributed by atoms with E-state index in [9.17, 15) is 9.59 Å². The number of hydrogen-bond acceptors (Lipinski definition) is 3. The van der Waals surface area contributed by atoms with Crippen molar-refractivity contribution in [2.45, 2.75) is 19.8 Å². The maximum atomic E-state index is 12.9. The zero-order valence-corrected chi connectivity index (χ0v) is 13.8. The summed E-state index contributed by atoms with van der Waals surface area (Å²) in [4.78, 5) is 27.2. The molecule has 0 unspecified atom stereocenters. The Morgan fingerprint density at radius 1 is 1.00 bits per heavy atom. The third kappa shape index (κ3) is 1.86. The van der Waals surface area contributed by atoms with E-state index < -0.39 is 0 Å². The number of allylic oxidation sites excluding steroid dienone is 2. The lowest BCUT2D eigenvalue weighted by Crippen LogP contribution is -2.40. The predicted octanol–water partition coefficient (Wildman–Crippen LogP) is 2.67. The van der Waals surface area contributed by atoms with Crippen molar-refractivity contribution < 1.29 is 9.59 Å². The maximum Gasteiger partial charge on any atom is 0.235 e. The van der Waals surface area contributed by atoms with Gasteiger partial charge in [-0.05, 0) is 54.2 Å². The summed E-state index contributed by atoms with van der Waals surface area (Å²) in [5.41, 5.74) is 2.23. The highest BCUT2D eigenvalue weighted by Gasteiger charge is 2.66. The van der Waals surface area contributed by atoms with E-state index in [1.165, 1.54) is 16.9 Å². The molecule has 1 heterocycles. The molecule has 4 nitrogen and oxygen atoms in total. The van der Waals surface area contributed by atoms with Crippen LogP contribution in [0.4, 0.5) is 5.69 Å². The summed E-state index contributed by atoms with van der Waals surface area (Å²) < 4.78 is 0. The lowest BCUT2D eigenvalue weighted by molar-refractivity contribution is -0.139. The largest absolute Gasteiger partial charge is 0.367 e. The Morgan fingerprint density at radius 2 is 1.58 bits per heavy atom. The van der Waals surface area contributed by atoms with Crippen molar-refractivity contribution in [3.05, 3.63) is 42.0 Å². The molecule has 1 aliphatic heterocycles. The second-order valence-corrected chi connectivity index (χ2v) is 7.64. The van der Waals surface area contributed by atoms with Gasteiger partial charge in [-0.25, -0.2) is 0 Å². The van der Waals surface area contributed by atoms with Crippen molar-refractivity contribution in [2.75, 3.05) is 12.0 Å². The molecule has 0 aromatic heterocycles. The Balaban J connectivity index is 1.33. The minimum absolute atomic E-state index is 0.0346. The molecule has 1 saturated heterocycles. The predicted molar refractivity (Wildman–Crippen MR) is 90.9 cm³/mol. The van der Waals surface area contributed by atoms with E-state index in [0.717, 1.165) is 12.1 Å². The average Bonchev–Trinajstić information content (AvgIpc) is 3.39. The van der Waals surface area contributed by atoms with Gasteiger partial charge in [-0.3, -0.25) is 14.5 Å². The molecule has 0 spiro atoms. The Kier molecular flexibility index (Phi) is 2.94. The summed E-state index contributed by atoms with van der Waals surface area (Å²) in [6, 6.07) is 8.18. The summed E-state index contributed by atoms with van der Waals surface area (Å²) in [7, 11) is 0. The Hall–Kier alpha value is -2.10. The highest BCUT2D eigenvalue weighted by atomic mass is 16.2. The smallest absolute Gasteiger partial charge is 0.235 e. The number of hydrogen-bond donors (Lipinski definition) is 1. The van der Waals surface area contributed by atoms with Gasteiger partial charge in [0.1, 0.15) is 0 Å². The molecule has 2 amide bonds. The van der Waals surface area contributed by atoms with Crippen molar-refractivity contribution in [3.8, 4) is 0 Å². The van der Waals surface area contributed by atoms with Crippen LogP contribution in [-0.4, -0.2) is 23.4 Å². The third-order valence-corrected chi connectivity index (χ3v) is 6.56. The fraction of sp³-hybridized carbons (Fsp3) is 0.500. The number of likely N-dealkylation sites (tertiary alicyclic amines) is 1. The van der Waals surface area contributed by atoms with Crippen LogP contribution >= 0.6 is 0 Å². The van der Waals surface area contributed by atoms with Crippen LogP contribution in [0.3, 0.4) is 0 Å². The number of benzene rings is 1. The minimum Gasteiger partial charge on any atom is -0.367 e. The van der Waals surface area contributed by atoms with Gasteiger partial charge in [-0.15, -0.1) is 0 Å². The first kappa shape index (κ1) is 14.3. The zero-order valence-electron chi connectivity index (χ0n) is 13.8. The fourth-order valence-electron chi connectivity index (χ4n) is 5.20. The Morgan fingerprint density at radius 3 is 2.12 bits per heavy atom. The van der Waals surface area contributed by atoms with Crippen LogP contribution < -0.4 is 5.32 Å². The van der Waals surface area contributed by atoms with Crippen LogP contribution in [0.25, 0.3) is 0 Å². The van der Waals surface area contributed by atoms with Gasteiger partial charge in [0.15, 0.2) is 0 Å². The molecule has 3 fully saturated rings. The molecule has 1 N–H and O–H groups in total. The van der Waals surface area contributed by atoms with E-state index in [4.69, 9.17) is 0 Å². The summed E-state index contributed by atoms with van der Waals surface area (Å²) in [6.45, 7) is 2.41. The molecule has 24 heavy (non-hydrogen) atoms. The highest BCUT2D eigenvalue weighted by molar-refractivity contribution is 6.06. The molecular weight excluding hydrogens is 300 g/mol. The molecular formula is C20H22N2O2. The standard InChI is InChI=1S/C20H22N2O2/c1-2-11-3-5-12(6-4-11)21-10-22-19(23)17-13-7-8-14(16-9-15(13)16)18(17)20(22)24/h3-8,13-18,21H,2,9-10H2,1H3/t13-,14-,15-,16-,17-,18+/m1/s1. The summed E-state index contributed by atoms with van der Waals surface area (Å²) in [6.07, 6.45) is 6.64. The molecule has 2 bridgehead atoms. The first-order valence-corrected chi connectivity index (χ1v) is 9.05. The number of anilines is 1. The SMILES string of the molecule is CCc1ccc(NCN2C(=O)[C@@H]3[C@@H]4C=C[C@H]([C@H]5C[C@H]45)[C@@H]3C2=O)cc1. The number of amides is 2. The normalized spacial score (nSPS) is 38.3. The molecule has 1 aromatic carbocycles.